The molecule has 9 nitrogen and oxygen atoms in total. The van der Waals surface area contributed by atoms with Crippen LogP contribution in [0.4, 0.5) is 5.69 Å². The van der Waals surface area contributed by atoms with Gasteiger partial charge in [-0.05, 0) is 17.7 Å². The van der Waals surface area contributed by atoms with Crippen LogP contribution in [0.1, 0.15) is 17.0 Å². The van der Waals surface area contributed by atoms with Crippen LogP contribution in [0, 0.1) is 11.3 Å². The standard InChI is InChI=1S/C27H23N5O4S/c1-35-25(33)22-21(16-7-4-3-5-8-16)19(14-28)24(29)32(23(22)26(34)36-2)18-10-6-9-17(13-18)20-15-37-27-30-11-12-31(20)27/h3-10,13,15,21H,11-12,29H2,1-2H3. The summed E-state index contributed by atoms with van der Waals surface area (Å²) in [5.41, 5.74) is 9.56. The van der Waals surface area contributed by atoms with E-state index in [1.807, 2.05) is 29.7 Å². The molecule has 37 heavy (non-hydrogen) atoms. The Balaban J connectivity index is 1.72. The molecule has 0 radical (unpaired) electrons. The van der Waals surface area contributed by atoms with Crippen LogP contribution in [0.5, 0.6) is 0 Å². The van der Waals surface area contributed by atoms with E-state index in [-0.39, 0.29) is 22.7 Å². The third kappa shape index (κ3) is 4.03. The molecule has 2 aromatic carbocycles. The molecule has 3 heterocycles. The highest BCUT2D eigenvalue weighted by molar-refractivity contribution is 8.16. The zero-order chi connectivity index (χ0) is 26.1. The summed E-state index contributed by atoms with van der Waals surface area (Å²) in [7, 11) is 2.45. The second-order valence-electron chi connectivity index (χ2n) is 8.32. The van der Waals surface area contributed by atoms with Gasteiger partial charge in [0.25, 0.3) is 0 Å². The molecule has 0 saturated carbocycles. The van der Waals surface area contributed by atoms with Gasteiger partial charge >= 0.3 is 11.9 Å². The van der Waals surface area contributed by atoms with E-state index in [9.17, 15) is 14.9 Å². The number of hydrogen-bond donors (Lipinski definition) is 1. The molecule has 186 valence electrons. The molecule has 0 spiro atoms. The molecule has 0 amide bonds. The van der Waals surface area contributed by atoms with Gasteiger partial charge in [-0.2, -0.15) is 5.26 Å². The molecule has 0 fully saturated rings. The number of rotatable bonds is 5. The second kappa shape index (κ2) is 9.87. The summed E-state index contributed by atoms with van der Waals surface area (Å²) >= 11 is 1.55. The number of fused-ring (bicyclic) bond motifs is 1. The highest BCUT2D eigenvalue weighted by Gasteiger charge is 2.43. The summed E-state index contributed by atoms with van der Waals surface area (Å²) in [5, 5.41) is 13.2. The fourth-order valence-corrected chi connectivity index (χ4v) is 5.70. The number of methoxy groups -OCH3 is 2. The lowest BCUT2D eigenvalue weighted by molar-refractivity contribution is -0.139. The number of nitriles is 1. The topological polar surface area (TPSA) is 121 Å². The first-order valence-electron chi connectivity index (χ1n) is 11.4. The van der Waals surface area contributed by atoms with E-state index in [4.69, 9.17) is 15.2 Å². The fraction of sp³-hybridized carbons (Fsp3) is 0.185. The number of esters is 2. The predicted molar refractivity (Wildman–Crippen MR) is 141 cm³/mol. The molecular formula is C27H23N5O4S. The maximum atomic E-state index is 13.3. The third-order valence-electron chi connectivity index (χ3n) is 6.38. The van der Waals surface area contributed by atoms with Gasteiger partial charge in [-0.1, -0.05) is 54.2 Å². The molecule has 0 aliphatic carbocycles. The van der Waals surface area contributed by atoms with Crippen LogP contribution in [0.2, 0.25) is 0 Å². The first-order chi connectivity index (χ1) is 18.0. The highest BCUT2D eigenvalue weighted by Crippen LogP contribution is 2.44. The average Bonchev–Trinajstić information content (AvgIpc) is 3.56. The van der Waals surface area contributed by atoms with Crippen LogP contribution >= 0.6 is 11.8 Å². The number of carbonyl (C=O) groups excluding carboxylic acids is 2. The van der Waals surface area contributed by atoms with Crippen LogP contribution in [-0.4, -0.2) is 49.3 Å². The van der Waals surface area contributed by atoms with E-state index in [1.54, 1.807) is 42.1 Å². The molecule has 1 atom stereocenters. The Bertz CT molecular complexity index is 1450. The number of carbonyl (C=O) groups is 2. The van der Waals surface area contributed by atoms with E-state index in [2.05, 4.69) is 16.0 Å². The quantitative estimate of drug-likeness (QED) is 0.600. The van der Waals surface area contributed by atoms with Crippen molar-refractivity contribution in [3.63, 3.8) is 0 Å². The highest BCUT2D eigenvalue weighted by atomic mass is 32.2. The van der Waals surface area contributed by atoms with Gasteiger partial charge < -0.3 is 20.1 Å². The van der Waals surface area contributed by atoms with Crippen LogP contribution in [-0.2, 0) is 19.1 Å². The molecule has 0 bridgehead atoms. The Morgan fingerprint density at radius 1 is 1.11 bits per heavy atom. The van der Waals surface area contributed by atoms with Crippen molar-refractivity contribution in [2.24, 2.45) is 10.7 Å². The molecule has 0 aromatic heterocycles. The average molecular weight is 514 g/mol. The maximum absolute atomic E-state index is 13.3. The number of benzene rings is 2. The van der Waals surface area contributed by atoms with E-state index >= 15 is 0 Å². The van der Waals surface area contributed by atoms with Crippen LogP contribution in [0.3, 0.4) is 0 Å². The van der Waals surface area contributed by atoms with Crippen molar-refractivity contribution in [2.75, 3.05) is 32.2 Å². The molecule has 2 N–H and O–H groups in total. The van der Waals surface area contributed by atoms with Gasteiger partial charge in [0.1, 0.15) is 11.5 Å². The van der Waals surface area contributed by atoms with Gasteiger partial charge in [0.15, 0.2) is 5.17 Å². The van der Waals surface area contributed by atoms with E-state index in [0.717, 1.165) is 29.5 Å². The predicted octanol–water partition coefficient (Wildman–Crippen LogP) is 3.30. The SMILES string of the molecule is COC(=O)C1=C(C(=O)OC)N(c2cccc(C3=CSC4=NCCN34)c2)C(N)=C(C#N)C1c1ccccc1. The van der Waals surface area contributed by atoms with Crippen molar-refractivity contribution >= 4 is 40.3 Å². The van der Waals surface area contributed by atoms with Gasteiger partial charge in [-0.15, -0.1) is 0 Å². The van der Waals surface area contributed by atoms with Crippen molar-refractivity contribution in [1.82, 2.24) is 4.90 Å². The number of nitrogens with two attached hydrogens (primary N) is 1. The summed E-state index contributed by atoms with van der Waals surface area (Å²) in [6, 6.07) is 18.5. The molecule has 0 saturated heterocycles. The molecular weight excluding hydrogens is 490 g/mol. The Hall–Kier alpha value is -4.49. The minimum absolute atomic E-state index is 0.0266. The Kier molecular flexibility index (Phi) is 6.46. The van der Waals surface area contributed by atoms with Crippen molar-refractivity contribution in [3.05, 3.63) is 93.8 Å². The molecule has 2 aromatic rings. The largest absolute Gasteiger partial charge is 0.466 e. The van der Waals surface area contributed by atoms with Crippen LogP contribution < -0.4 is 10.6 Å². The van der Waals surface area contributed by atoms with Crippen LogP contribution in [0.15, 0.2) is 87.7 Å². The summed E-state index contributed by atoms with van der Waals surface area (Å²) in [6.07, 6.45) is 0. The van der Waals surface area contributed by atoms with Gasteiger partial charge in [-0.25, -0.2) is 9.59 Å². The summed E-state index contributed by atoms with van der Waals surface area (Å²) in [4.78, 5) is 34.5. The minimum Gasteiger partial charge on any atom is -0.466 e. The van der Waals surface area contributed by atoms with E-state index in [1.165, 1.54) is 19.1 Å². The Morgan fingerprint density at radius 3 is 2.57 bits per heavy atom. The monoisotopic (exact) mass is 513 g/mol. The van der Waals surface area contributed by atoms with E-state index < -0.39 is 17.9 Å². The first-order valence-corrected chi connectivity index (χ1v) is 12.3. The number of aliphatic imine (C=N–C) groups is 1. The van der Waals surface area contributed by atoms with Gasteiger partial charge in [0.2, 0.25) is 0 Å². The van der Waals surface area contributed by atoms with Crippen molar-refractivity contribution < 1.29 is 19.1 Å². The lowest BCUT2D eigenvalue weighted by Crippen LogP contribution is -2.40. The smallest absolute Gasteiger partial charge is 0.355 e. The minimum atomic E-state index is -0.913. The number of hydrogen-bond acceptors (Lipinski definition) is 10. The molecule has 5 rings (SSSR count). The Morgan fingerprint density at radius 2 is 1.86 bits per heavy atom. The number of ether oxygens (including phenoxy) is 2. The first kappa shape index (κ1) is 24.2. The van der Waals surface area contributed by atoms with Crippen molar-refractivity contribution in [1.29, 1.82) is 5.26 Å². The van der Waals surface area contributed by atoms with Crippen molar-refractivity contribution in [3.8, 4) is 6.07 Å². The summed E-state index contributed by atoms with van der Waals surface area (Å²) < 4.78 is 10.2. The number of thioether (sulfide) groups is 1. The zero-order valence-electron chi connectivity index (χ0n) is 20.2. The van der Waals surface area contributed by atoms with Gasteiger partial charge in [-0.3, -0.25) is 9.89 Å². The van der Waals surface area contributed by atoms with Crippen LogP contribution in [0.25, 0.3) is 5.70 Å². The number of nitrogens with zero attached hydrogens (tertiary/aromatic N) is 4. The normalized spacial score (nSPS) is 18.8. The molecule has 3 aliphatic heterocycles. The lowest BCUT2D eigenvalue weighted by atomic mass is 9.81. The van der Waals surface area contributed by atoms with Gasteiger partial charge in [0, 0.05) is 23.2 Å². The maximum Gasteiger partial charge on any atom is 0.355 e. The third-order valence-corrected chi connectivity index (χ3v) is 7.28. The van der Waals surface area contributed by atoms with Gasteiger partial charge in [0.05, 0.1) is 49.6 Å². The number of amidine groups is 1. The van der Waals surface area contributed by atoms with Crippen molar-refractivity contribution in [2.45, 2.75) is 5.92 Å². The second-order valence-corrected chi connectivity index (χ2v) is 9.16. The Labute approximate surface area is 218 Å². The summed E-state index contributed by atoms with van der Waals surface area (Å²) in [5.74, 6) is -2.43. The molecule has 1 unspecified atom stereocenters. The fourth-order valence-electron chi connectivity index (χ4n) is 4.73. The van der Waals surface area contributed by atoms with E-state index in [0.29, 0.717) is 11.3 Å². The number of allylic oxidation sites excluding steroid dienone is 1. The molecule has 10 heteroatoms. The molecule has 3 aliphatic rings. The summed E-state index contributed by atoms with van der Waals surface area (Å²) in [6.45, 7) is 1.51. The number of anilines is 1. The lowest BCUT2D eigenvalue weighted by Gasteiger charge is -2.36. The zero-order valence-corrected chi connectivity index (χ0v) is 21.0.